The maximum absolute atomic E-state index is 5.34. The highest BCUT2D eigenvalue weighted by Gasteiger charge is 2.06. The molecule has 0 amide bonds. The molecule has 0 aliphatic rings. The zero-order valence-electron chi connectivity index (χ0n) is 15.6. The van der Waals surface area contributed by atoms with Gasteiger partial charge in [0.25, 0.3) is 0 Å². The van der Waals surface area contributed by atoms with E-state index in [1.165, 1.54) is 6.42 Å². The van der Waals surface area contributed by atoms with Gasteiger partial charge in [0.2, 0.25) is 0 Å². The number of aliphatic imine (C=N–C) groups is 1. The second-order valence-corrected chi connectivity index (χ2v) is 5.94. The van der Waals surface area contributed by atoms with Crippen LogP contribution in [0, 0.1) is 0 Å². The fourth-order valence-corrected chi connectivity index (χ4v) is 2.52. The van der Waals surface area contributed by atoms with Crippen LogP contribution in [-0.4, -0.2) is 49.6 Å². The van der Waals surface area contributed by atoms with Crippen LogP contribution < -0.4 is 10.6 Å². The molecule has 1 unspecified atom stereocenters. The number of furan rings is 1. The summed E-state index contributed by atoms with van der Waals surface area (Å²) in [5, 5.41) is 6.77. The van der Waals surface area contributed by atoms with Gasteiger partial charge in [0.05, 0.1) is 6.26 Å². The lowest BCUT2D eigenvalue weighted by Gasteiger charge is -2.21. The summed E-state index contributed by atoms with van der Waals surface area (Å²) in [6.45, 7) is 15.2. The lowest BCUT2D eigenvalue weighted by Crippen LogP contribution is -2.42. The molecule has 1 rings (SSSR count). The average Bonchev–Trinajstić information content (AvgIpc) is 3.10. The zero-order valence-corrected chi connectivity index (χ0v) is 15.6. The Kier molecular flexibility index (Phi) is 10.7. The van der Waals surface area contributed by atoms with Gasteiger partial charge in [-0.15, -0.1) is 6.58 Å². The molecule has 0 fully saturated rings. The van der Waals surface area contributed by atoms with Crippen LogP contribution in [0.15, 0.2) is 40.5 Å². The van der Waals surface area contributed by atoms with E-state index >= 15 is 0 Å². The van der Waals surface area contributed by atoms with Gasteiger partial charge in [-0.2, -0.15) is 0 Å². The summed E-state index contributed by atoms with van der Waals surface area (Å²) >= 11 is 0. The monoisotopic (exact) mass is 334 g/mol. The van der Waals surface area contributed by atoms with Crippen molar-refractivity contribution in [2.24, 2.45) is 4.99 Å². The predicted molar refractivity (Wildman–Crippen MR) is 103 cm³/mol. The van der Waals surface area contributed by atoms with Gasteiger partial charge < -0.3 is 20.0 Å². The Bertz CT molecular complexity index is 452. The van der Waals surface area contributed by atoms with Crippen molar-refractivity contribution >= 4 is 5.96 Å². The summed E-state index contributed by atoms with van der Waals surface area (Å²) in [6.07, 6.45) is 6.67. The molecule has 5 heteroatoms. The van der Waals surface area contributed by atoms with Gasteiger partial charge in [0.1, 0.15) is 5.76 Å². The minimum absolute atomic E-state index is 0.389. The Labute approximate surface area is 147 Å². The fourth-order valence-electron chi connectivity index (χ4n) is 2.52. The normalized spacial score (nSPS) is 13.1. The molecule has 1 atom stereocenters. The Morgan fingerprint density at radius 2 is 2.21 bits per heavy atom. The molecule has 0 saturated carbocycles. The highest BCUT2D eigenvalue weighted by molar-refractivity contribution is 5.80. The summed E-state index contributed by atoms with van der Waals surface area (Å²) < 4.78 is 5.34. The Morgan fingerprint density at radius 3 is 2.83 bits per heavy atom. The summed E-state index contributed by atoms with van der Waals surface area (Å²) in [7, 11) is 0. The van der Waals surface area contributed by atoms with Crippen LogP contribution in [0.4, 0.5) is 0 Å². The molecular weight excluding hydrogens is 300 g/mol. The standard InChI is InChI=1S/C19H34N4O/c1-5-13-20-19(21-14-12-18-11-9-16-24-18)22-17(4)10-8-15-23(6-2)7-3/h5,9,11,16-17H,1,6-8,10,12-15H2,2-4H3,(H2,20,21,22). The van der Waals surface area contributed by atoms with Crippen molar-refractivity contribution in [1.82, 2.24) is 15.5 Å². The second-order valence-electron chi connectivity index (χ2n) is 5.94. The first kappa shape index (κ1) is 20.3. The number of nitrogens with zero attached hydrogens (tertiary/aromatic N) is 2. The number of hydrogen-bond acceptors (Lipinski definition) is 3. The number of nitrogens with one attached hydrogen (secondary N) is 2. The van der Waals surface area contributed by atoms with Gasteiger partial charge in [-0.3, -0.25) is 4.99 Å². The summed E-state index contributed by atoms with van der Waals surface area (Å²) in [4.78, 5) is 7.09. The quantitative estimate of drug-likeness (QED) is 0.350. The number of hydrogen-bond donors (Lipinski definition) is 2. The van der Waals surface area contributed by atoms with E-state index in [1.54, 1.807) is 6.26 Å². The molecule has 136 valence electrons. The molecule has 24 heavy (non-hydrogen) atoms. The van der Waals surface area contributed by atoms with Crippen molar-refractivity contribution in [3.05, 3.63) is 36.8 Å². The molecule has 0 bridgehead atoms. The number of guanidine groups is 1. The van der Waals surface area contributed by atoms with Gasteiger partial charge in [-0.1, -0.05) is 19.9 Å². The van der Waals surface area contributed by atoms with E-state index in [1.807, 2.05) is 18.2 Å². The van der Waals surface area contributed by atoms with Crippen molar-refractivity contribution in [3.63, 3.8) is 0 Å². The predicted octanol–water partition coefficient (Wildman–Crippen LogP) is 3.05. The Morgan fingerprint density at radius 1 is 1.42 bits per heavy atom. The Balaban J connectivity index is 2.38. The molecule has 0 aliphatic carbocycles. The highest BCUT2D eigenvalue weighted by atomic mass is 16.3. The average molecular weight is 335 g/mol. The zero-order chi connectivity index (χ0) is 17.6. The third-order valence-electron chi connectivity index (χ3n) is 4.01. The lowest BCUT2D eigenvalue weighted by molar-refractivity contribution is 0.292. The molecule has 1 heterocycles. The van der Waals surface area contributed by atoms with E-state index in [-0.39, 0.29) is 0 Å². The highest BCUT2D eigenvalue weighted by Crippen LogP contribution is 2.02. The molecule has 0 radical (unpaired) electrons. The van der Waals surface area contributed by atoms with E-state index in [0.717, 1.165) is 44.2 Å². The molecule has 0 saturated heterocycles. The smallest absolute Gasteiger partial charge is 0.191 e. The van der Waals surface area contributed by atoms with E-state index in [9.17, 15) is 0 Å². The van der Waals surface area contributed by atoms with Crippen LogP contribution in [-0.2, 0) is 6.42 Å². The van der Waals surface area contributed by atoms with Crippen LogP contribution in [0.1, 0.15) is 39.4 Å². The summed E-state index contributed by atoms with van der Waals surface area (Å²) in [5.74, 6) is 1.81. The van der Waals surface area contributed by atoms with Crippen LogP contribution >= 0.6 is 0 Å². The van der Waals surface area contributed by atoms with Crippen molar-refractivity contribution in [2.45, 2.75) is 46.1 Å². The third kappa shape index (κ3) is 8.77. The second kappa shape index (κ2) is 12.6. The van der Waals surface area contributed by atoms with Gasteiger partial charge >= 0.3 is 0 Å². The van der Waals surface area contributed by atoms with E-state index in [0.29, 0.717) is 19.1 Å². The Hall–Kier alpha value is -1.75. The van der Waals surface area contributed by atoms with Crippen LogP contribution in [0.3, 0.4) is 0 Å². The minimum Gasteiger partial charge on any atom is -0.469 e. The molecule has 5 nitrogen and oxygen atoms in total. The van der Waals surface area contributed by atoms with Gasteiger partial charge in [-0.25, -0.2) is 0 Å². The SMILES string of the molecule is C=CCNC(=NCCc1ccco1)NC(C)CCCN(CC)CC. The molecular formula is C19H34N4O. The summed E-state index contributed by atoms with van der Waals surface area (Å²) in [6, 6.07) is 4.28. The minimum atomic E-state index is 0.389. The maximum atomic E-state index is 5.34. The first-order valence-electron chi connectivity index (χ1n) is 9.10. The fraction of sp³-hybridized carbons (Fsp3) is 0.632. The van der Waals surface area contributed by atoms with Crippen LogP contribution in [0.25, 0.3) is 0 Å². The molecule has 0 aliphatic heterocycles. The van der Waals surface area contributed by atoms with Crippen molar-refractivity contribution < 1.29 is 4.42 Å². The first-order chi connectivity index (χ1) is 11.7. The molecule has 0 aromatic carbocycles. The molecule has 0 spiro atoms. The summed E-state index contributed by atoms with van der Waals surface area (Å²) in [5.41, 5.74) is 0. The topological polar surface area (TPSA) is 52.8 Å². The van der Waals surface area contributed by atoms with Gasteiger partial charge in [-0.05, 0) is 51.5 Å². The van der Waals surface area contributed by atoms with E-state index < -0.39 is 0 Å². The molecule has 1 aromatic heterocycles. The third-order valence-corrected chi connectivity index (χ3v) is 4.01. The lowest BCUT2D eigenvalue weighted by atomic mass is 10.2. The first-order valence-corrected chi connectivity index (χ1v) is 9.10. The maximum Gasteiger partial charge on any atom is 0.191 e. The number of rotatable bonds is 12. The van der Waals surface area contributed by atoms with E-state index in [4.69, 9.17) is 4.42 Å². The van der Waals surface area contributed by atoms with Crippen molar-refractivity contribution in [2.75, 3.05) is 32.7 Å². The molecule has 2 N–H and O–H groups in total. The van der Waals surface area contributed by atoms with Crippen molar-refractivity contribution in [1.29, 1.82) is 0 Å². The van der Waals surface area contributed by atoms with Gasteiger partial charge in [0.15, 0.2) is 5.96 Å². The molecule has 1 aromatic rings. The van der Waals surface area contributed by atoms with Crippen LogP contribution in [0.5, 0.6) is 0 Å². The van der Waals surface area contributed by atoms with Crippen molar-refractivity contribution in [3.8, 4) is 0 Å². The van der Waals surface area contributed by atoms with Gasteiger partial charge in [0, 0.05) is 25.6 Å². The largest absolute Gasteiger partial charge is 0.469 e. The van der Waals surface area contributed by atoms with E-state index in [2.05, 4.69) is 47.9 Å². The van der Waals surface area contributed by atoms with Crippen LogP contribution in [0.2, 0.25) is 0 Å².